The van der Waals surface area contributed by atoms with E-state index in [1.54, 1.807) is 0 Å². The summed E-state index contributed by atoms with van der Waals surface area (Å²) in [7, 11) is 0. The molecule has 0 aliphatic carbocycles. The maximum Gasteiger partial charge on any atom is 0.0937 e. The average molecular weight is 320 g/mol. The van der Waals surface area contributed by atoms with Gasteiger partial charge in [-0.1, -0.05) is 45.7 Å². The molecule has 1 fully saturated rings. The van der Waals surface area contributed by atoms with Crippen LogP contribution in [0.1, 0.15) is 24.5 Å². The summed E-state index contributed by atoms with van der Waals surface area (Å²) in [5, 5.41) is 1.49. The van der Waals surface area contributed by atoms with Crippen molar-refractivity contribution in [2.75, 3.05) is 18.5 Å². The van der Waals surface area contributed by atoms with Gasteiger partial charge in [-0.2, -0.15) is 0 Å². The van der Waals surface area contributed by atoms with E-state index in [1.807, 2.05) is 24.3 Å². The molecule has 0 radical (unpaired) electrons. The molecule has 0 amide bonds. The fraction of sp³-hybridized carbons (Fsp3) is 0.538. The minimum absolute atomic E-state index is 0.00657. The van der Waals surface area contributed by atoms with Crippen molar-refractivity contribution in [1.82, 2.24) is 0 Å². The van der Waals surface area contributed by atoms with E-state index in [2.05, 4.69) is 15.9 Å². The standard InChI is InChI=1S/C13H16BrClO2/c14-8-13(11-5-1-2-6-12(11)15)17-9-10-4-3-7-16-10/h1-2,5-6,10,13H,3-4,7-9H2. The van der Waals surface area contributed by atoms with Gasteiger partial charge in [-0.3, -0.25) is 0 Å². The van der Waals surface area contributed by atoms with Crippen LogP contribution in [-0.4, -0.2) is 24.6 Å². The Balaban J connectivity index is 1.94. The van der Waals surface area contributed by atoms with E-state index >= 15 is 0 Å². The first-order valence-electron chi connectivity index (χ1n) is 5.85. The highest BCUT2D eigenvalue weighted by molar-refractivity contribution is 9.09. The third kappa shape index (κ3) is 3.68. The zero-order chi connectivity index (χ0) is 12.1. The van der Waals surface area contributed by atoms with Crippen LogP contribution in [0.4, 0.5) is 0 Å². The van der Waals surface area contributed by atoms with E-state index in [4.69, 9.17) is 21.1 Å². The predicted molar refractivity (Wildman–Crippen MR) is 72.9 cm³/mol. The molecule has 1 saturated heterocycles. The van der Waals surface area contributed by atoms with Crippen molar-refractivity contribution in [1.29, 1.82) is 0 Å². The molecule has 1 aromatic carbocycles. The summed E-state index contributed by atoms with van der Waals surface area (Å²) in [5.74, 6) is 0. The summed E-state index contributed by atoms with van der Waals surface area (Å²) >= 11 is 9.63. The van der Waals surface area contributed by atoms with Crippen LogP contribution in [0.15, 0.2) is 24.3 Å². The zero-order valence-electron chi connectivity index (χ0n) is 9.57. The minimum Gasteiger partial charge on any atom is -0.376 e. The van der Waals surface area contributed by atoms with E-state index in [9.17, 15) is 0 Å². The van der Waals surface area contributed by atoms with Gasteiger partial charge in [0.15, 0.2) is 0 Å². The Labute approximate surface area is 115 Å². The summed E-state index contributed by atoms with van der Waals surface area (Å²) in [6, 6.07) is 7.80. The quantitative estimate of drug-likeness (QED) is 0.765. The molecule has 1 aliphatic heterocycles. The van der Waals surface area contributed by atoms with E-state index in [-0.39, 0.29) is 12.2 Å². The van der Waals surface area contributed by atoms with Gasteiger partial charge in [0.2, 0.25) is 0 Å². The first-order chi connectivity index (χ1) is 8.31. The fourth-order valence-electron chi connectivity index (χ4n) is 1.95. The smallest absolute Gasteiger partial charge is 0.0937 e. The van der Waals surface area contributed by atoms with Crippen molar-refractivity contribution >= 4 is 27.5 Å². The molecule has 2 rings (SSSR count). The van der Waals surface area contributed by atoms with Crippen molar-refractivity contribution in [2.24, 2.45) is 0 Å². The van der Waals surface area contributed by atoms with Gasteiger partial charge in [-0.15, -0.1) is 0 Å². The molecule has 0 aromatic heterocycles. The number of hydrogen-bond donors (Lipinski definition) is 0. The molecule has 2 unspecified atom stereocenters. The van der Waals surface area contributed by atoms with Crippen molar-refractivity contribution < 1.29 is 9.47 Å². The zero-order valence-corrected chi connectivity index (χ0v) is 11.9. The Morgan fingerprint density at radius 2 is 2.29 bits per heavy atom. The molecule has 2 nitrogen and oxygen atoms in total. The van der Waals surface area contributed by atoms with Crippen LogP contribution in [-0.2, 0) is 9.47 Å². The van der Waals surface area contributed by atoms with Gasteiger partial charge in [0.1, 0.15) is 0 Å². The van der Waals surface area contributed by atoms with Crippen LogP contribution < -0.4 is 0 Å². The Bertz CT molecular complexity index is 353. The maximum atomic E-state index is 6.16. The van der Waals surface area contributed by atoms with E-state index in [1.165, 1.54) is 0 Å². The van der Waals surface area contributed by atoms with Crippen LogP contribution in [0.25, 0.3) is 0 Å². The van der Waals surface area contributed by atoms with Crippen LogP contribution in [0.2, 0.25) is 5.02 Å². The van der Waals surface area contributed by atoms with Gasteiger partial charge in [-0.05, 0) is 18.9 Å². The Morgan fingerprint density at radius 3 is 2.94 bits per heavy atom. The number of rotatable bonds is 5. The average Bonchev–Trinajstić information content (AvgIpc) is 2.85. The van der Waals surface area contributed by atoms with Crippen LogP contribution in [0.3, 0.4) is 0 Å². The minimum atomic E-state index is -0.00657. The number of ether oxygens (including phenoxy) is 2. The largest absolute Gasteiger partial charge is 0.376 e. The summed E-state index contributed by atoms with van der Waals surface area (Å²) in [4.78, 5) is 0. The second-order valence-corrected chi connectivity index (χ2v) is 5.19. The Hall–Kier alpha value is -0.0900. The molecule has 4 heteroatoms. The number of halogens is 2. The molecular weight excluding hydrogens is 303 g/mol. The van der Waals surface area contributed by atoms with Crippen LogP contribution in [0, 0.1) is 0 Å². The van der Waals surface area contributed by atoms with Crippen molar-refractivity contribution in [2.45, 2.75) is 25.0 Å². The molecule has 0 bridgehead atoms. The molecule has 17 heavy (non-hydrogen) atoms. The van der Waals surface area contributed by atoms with Gasteiger partial charge in [0.05, 0.1) is 18.8 Å². The van der Waals surface area contributed by atoms with Gasteiger partial charge in [0.25, 0.3) is 0 Å². The normalized spacial score (nSPS) is 21.6. The maximum absolute atomic E-state index is 6.16. The first kappa shape index (κ1) is 13.3. The lowest BCUT2D eigenvalue weighted by Crippen LogP contribution is -2.17. The second kappa shape index (κ2) is 6.74. The topological polar surface area (TPSA) is 18.5 Å². The lowest BCUT2D eigenvalue weighted by molar-refractivity contribution is -0.0127. The molecule has 1 heterocycles. The highest BCUT2D eigenvalue weighted by atomic mass is 79.9. The highest BCUT2D eigenvalue weighted by Gasteiger charge is 2.19. The summed E-state index contributed by atoms with van der Waals surface area (Å²) < 4.78 is 11.4. The number of benzene rings is 1. The van der Waals surface area contributed by atoms with E-state index < -0.39 is 0 Å². The molecular formula is C13H16BrClO2. The lowest BCUT2D eigenvalue weighted by atomic mass is 10.1. The molecule has 0 N–H and O–H groups in total. The Morgan fingerprint density at radius 1 is 1.47 bits per heavy atom. The van der Waals surface area contributed by atoms with Gasteiger partial charge >= 0.3 is 0 Å². The molecule has 1 aliphatic rings. The summed E-state index contributed by atoms with van der Waals surface area (Å²) in [6.07, 6.45) is 2.48. The SMILES string of the molecule is Clc1ccccc1C(CBr)OCC1CCCO1. The van der Waals surface area contributed by atoms with Gasteiger partial charge < -0.3 is 9.47 Å². The third-order valence-corrected chi connectivity index (χ3v) is 3.83. The van der Waals surface area contributed by atoms with Crippen molar-refractivity contribution in [3.63, 3.8) is 0 Å². The summed E-state index contributed by atoms with van der Waals surface area (Å²) in [5.41, 5.74) is 1.03. The van der Waals surface area contributed by atoms with Crippen molar-refractivity contribution in [3.8, 4) is 0 Å². The molecule has 0 saturated carbocycles. The van der Waals surface area contributed by atoms with E-state index in [0.29, 0.717) is 6.61 Å². The second-order valence-electron chi connectivity index (χ2n) is 4.13. The van der Waals surface area contributed by atoms with Crippen LogP contribution >= 0.6 is 27.5 Å². The molecule has 94 valence electrons. The summed E-state index contributed by atoms with van der Waals surface area (Å²) in [6.45, 7) is 1.50. The molecule has 2 atom stereocenters. The van der Waals surface area contributed by atoms with Gasteiger partial charge in [-0.25, -0.2) is 0 Å². The van der Waals surface area contributed by atoms with Crippen LogP contribution in [0.5, 0.6) is 0 Å². The Kier molecular flexibility index (Phi) is 5.29. The van der Waals surface area contributed by atoms with E-state index in [0.717, 1.165) is 35.4 Å². The molecule has 1 aromatic rings. The first-order valence-corrected chi connectivity index (χ1v) is 7.35. The lowest BCUT2D eigenvalue weighted by Gasteiger charge is -2.19. The predicted octanol–water partition coefficient (Wildman–Crippen LogP) is 3.97. The third-order valence-electron chi connectivity index (χ3n) is 2.90. The fourth-order valence-corrected chi connectivity index (χ4v) is 2.75. The van der Waals surface area contributed by atoms with Gasteiger partial charge in [0, 0.05) is 22.5 Å². The van der Waals surface area contributed by atoms with Crippen molar-refractivity contribution in [3.05, 3.63) is 34.9 Å². The number of alkyl halides is 1. The monoisotopic (exact) mass is 318 g/mol. The number of hydrogen-bond acceptors (Lipinski definition) is 2. The highest BCUT2D eigenvalue weighted by Crippen LogP contribution is 2.27. The molecule has 0 spiro atoms.